The number of aryl methyl sites for hydroxylation is 1. The maximum Gasteiger partial charge on any atom is 0.242 e. The minimum absolute atomic E-state index is 0.00337. The average molecular weight is 376 g/mol. The smallest absolute Gasteiger partial charge is 0.242 e. The Balaban J connectivity index is 1.74. The quantitative estimate of drug-likeness (QED) is 0.455. The van der Waals surface area contributed by atoms with Gasteiger partial charge in [0, 0.05) is 10.6 Å². The fourth-order valence-electron chi connectivity index (χ4n) is 2.88. The third-order valence-electron chi connectivity index (χ3n) is 4.38. The van der Waals surface area contributed by atoms with E-state index in [1.54, 1.807) is 11.8 Å². The van der Waals surface area contributed by atoms with E-state index in [-0.39, 0.29) is 11.2 Å². The number of benzene rings is 3. The van der Waals surface area contributed by atoms with Crippen molar-refractivity contribution in [1.29, 1.82) is 0 Å². The van der Waals surface area contributed by atoms with E-state index >= 15 is 0 Å². The zero-order valence-corrected chi connectivity index (χ0v) is 16.4. The maximum absolute atomic E-state index is 13.0. The van der Waals surface area contributed by atoms with Crippen LogP contribution < -0.4 is 5.32 Å². The summed E-state index contributed by atoms with van der Waals surface area (Å²) in [7, 11) is 0. The van der Waals surface area contributed by atoms with Crippen LogP contribution in [0.25, 0.3) is 0 Å². The molecule has 1 atom stereocenters. The van der Waals surface area contributed by atoms with Crippen molar-refractivity contribution in [3.63, 3.8) is 0 Å². The molecule has 0 unspecified atom stereocenters. The van der Waals surface area contributed by atoms with Crippen molar-refractivity contribution in [2.75, 3.05) is 5.32 Å². The number of carbonyl (C=O) groups excluding carboxylic acids is 1. The van der Waals surface area contributed by atoms with Crippen LogP contribution in [0, 0.1) is 0 Å². The number of amides is 1. The molecule has 0 spiro atoms. The van der Waals surface area contributed by atoms with Crippen molar-refractivity contribution in [1.82, 2.24) is 0 Å². The summed E-state index contributed by atoms with van der Waals surface area (Å²) in [6.45, 7) is 2.20. The number of hydrogen-bond donors (Lipinski definition) is 1. The highest BCUT2D eigenvalue weighted by Crippen LogP contribution is 2.36. The molecular formula is C24H25NOS. The van der Waals surface area contributed by atoms with Gasteiger partial charge < -0.3 is 5.32 Å². The van der Waals surface area contributed by atoms with Gasteiger partial charge in [0.15, 0.2) is 0 Å². The van der Waals surface area contributed by atoms with E-state index in [1.807, 2.05) is 72.8 Å². The lowest BCUT2D eigenvalue weighted by Crippen LogP contribution is -2.19. The van der Waals surface area contributed by atoms with Gasteiger partial charge in [-0.3, -0.25) is 4.79 Å². The number of anilines is 1. The molecule has 0 aliphatic rings. The van der Waals surface area contributed by atoms with Gasteiger partial charge in [0.05, 0.1) is 0 Å². The normalized spacial score (nSPS) is 11.7. The Morgan fingerprint density at radius 3 is 2.15 bits per heavy atom. The number of rotatable bonds is 8. The molecule has 0 aliphatic heterocycles. The highest BCUT2D eigenvalue weighted by Gasteiger charge is 2.22. The standard InChI is InChI=1S/C24H25NOS/c1-2-3-10-19-15-17-21(18-16-19)25-24(26)23(20-11-6-4-7-12-20)27-22-13-8-5-9-14-22/h4-9,11-18,23H,2-3,10H2,1H3,(H,25,26)/t23-/m0/s1. The molecule has 0 radical (unpaired) electrons. The summed E-state index contributed by atoms with van der Waals surface area (Å²) in [4.78, 5) is 14.1. The Hall–Kier alpha value is -2.52. The van der Waals surface area contributed by atoms with Gasteiger partial charge in [0.2, 0.25) is 5.91 Å². The molecule has 3 aromatic carbocycles. The van der Waals surface area contributed by atoms with Gasteiger partial charge in [-0.25, -0.2) is 0 Å². The van der Waals surface area contributed by atoms with Crippen molar-refractivity contribution in [2.45, 2.75) is 36.3 Å². The molecular weight excluding hydrogens is 350 g/mol. The topological polar surface area (TPSA) is 29.1 Å². The predicted molar refractivity (Wildman–Crippen MR) is 115 cm³/mol. The van der Waals surface area contributed by atoms with Gasteiger partial charge in [0.1, 0.15) is 5.25 Å². The van der Waals surface area contributed by atoms with Crippen LogP contribution >= 0.6 is 11.8 Å². The van der Waals surface area contributed by atoms with Crippen LogP contribution in [0.15, 0.2) is 89.8 Å². The molecule has 1 amide bonds. The van der Waals surface area contributed by atoms with Crippen molar-refractivity contribution < 1.29 is 4.79 Å². The first kappa shape index (κ1) is 19.2. The molecule has 0 fully saturated rings. The molecule has 0 saturated heterocycles. The molecule has 0 aromatic heterocycles. The molecule has 0 heterocycles. The van der Waals surface area contributed by atoms with Crippen LogP contribution in [-0.4, -0.2) is 5.91 Å². The molecule has 1 N–H and O–H groups in total. The summed E-state index contributed by atoms with van der Waals surface area (Å²) in [5.41, 5.74) is 3.16. The van der Waals surface area contributed by atoms with E-state index in [0.29, 0.717) is 0 Å². The van der Waals surface area contributed by atoms with Crippen molar-refractivity contribution in [2.24, 2.45) is 0 Å². The maximum atomic E-state index is 13.0. The lowest BCUT2D eigenvalue weighted by molar-refractivity contribution is -0.115. The molecule has 0 bridgehead atoms. The number of carbonyl (C=O) groups is 1. The molecule has 2 nitrogen and oxygen atoms in total. The second-order valence-corrected chi connectivity index (χ2v) is 7.69. The summed E-state index contributed by atoms with van der Waals surface area (Å²) >= 11 is 1.57. The number of unbranched alkanes of at least 4 members (excludes halogenated alkanes) is 1. The van der Waals surface area contributed by atoms with Crippen LogP contribution in [0.5, 0.6) is 0 Å². The Morgan fingerprint density at radius 2 is 1.52 bits per heavy atom. The Bertz CT molecular complexity index is 831. The Morgan fingerprint density at radius 1 is 0.889 bits per heavy atom. The molecule has 27 heavy (non-hydrogen) atoms. The van der Waals surface area contributed by atoms with Gasteiger partial charge in [-0.05, 0) is 48.2 Å². The first-order valence-corrected chi connectivity index (χ1v) is 10.3. The number of hydrogen-bond acceptors (Lipinski definition) is 2. The molecule has 3 heteroatoms. The van der Waals surface area contributed by atoms with E-state index in [2.05, 4.69) is 24.4 Å². The van der Waals surface area contributed by atoms with Gasteiger partial charge in [-0.2, -0.15) is 0 Å². The summed E-state index contributed by atoms with van der Waals surface area (Å²) in [5, 5.41) is 2.79. The third kappa shape index (κ3) is 5.73. The zero-order chi connectivity index (χ0) is 18.9. The van der Waals surface area contributed by atoms with Gasteiger partial charge in [-0.15, -0.1) is 11.8 Å². The predicted octanol–water partition coefficient (Wildman–Crippen LogP) is 6.50. The van der Waals surface area contributed by atoms with Crippen LogP contribution in [0.3, 0.4) is 0 Å². The summed E-state index contributed by atoms with van der Waals surface area (Å²) < 4.78 is 0. The number of thioether (sulfide) groups is 1. The zero-order valence-electron chi connectivity index (χ0n) is 15.6. The molecule has 0 saturated carbocycles. The summed E-state index contributed by atoms with van der Waals surface area (Å²) in [5.74, 6) is -0.00337. The van der Waals surface area contributed by atoms with E-state index in [9.17, 15) is 4.79 Å². The monoisotopic (exact) mass is 375 g/mol. The van der Waals surface area contributed by atoms with Crippen LogP contribution in [-0.2, 0) is 11.2 Å². The Kier molecular flexibility index (Phi) is 7.11. The fraction of sp³-hybridized carbons (Fsp3) is 0.208. The van der Waals surface area contributed by atoms with Crippen molar-refractivity contribution in [3.8, 4) is 0 Å². The van der Waals surface area contributed by atoms with Gasteiger partial charge in [0.25, 0.3) is 0 Å². The first-order valence-electron chi connectivity index (χ1n) is 9.42. The average Bonchev–Trinajstić information content (AvgIpc) is 2.73. The van der Waals surface area contributed by atoms with E-state index < -0.39 is 0 Å². The number of nitrogens with one attached hydrogen (secondary N) is 1. The van der Waals surface area contributed by atoms with Crippen LogP contribution in [0.2, 0.25) is 0 Å². The first-order chi connectivity index (χ1) is 13.3. The van der Waals surface area contributed by atoms with Gasteiger partial charge in [-0.1, -0.05) is 74.0 Å². The molecule has 3 rings (SSSR count). The van der Waals surface area contributed by atoms with Gasteiger partial charge >= 0.3 is 0 Å². The third-order valence-corrected chi connectivity index (χ3v) is 5.64. The molecule has 138 valence electrons. The second-order valence-electron chi connectivity index (χ2n) is 6.51. The lowest BCUT2D eigenvalue weighted by atomic mass is 10.1. The van der Waals surface area contributed by atoms with Crippen LogP contribution in [0.1, 0.15) is 36.1 Å². The molecule has 0 aliphatic carbocycles. The second kappa shape index (κ2) is 9.98. The summed E-state index contributed by atoms with van der Waals surface area (Å²) in [6, 6.07) is 28.2. The fourth-order valence-corrected chi connectivity index (χ4v) is 3.92. The minimum atomic E-state index is -0.298. The summed E-state index contributed by atoms with van der Waals surface area (Å²) in [6.07, 6.45) is 3.46. The van der Waals surface area contributed by atoms with E-state index in [1.165, 1.54) is 18.4 Å². The van der Waals surface area contributed by atoms with Crippen molar-refractivity contribution in [3.05, 3.63) is 96.1 Å². The van der Waals surface area contributed by atoms with Crippen LogP contribution in [0.4, 0.5) is 5.69 Å². The minimum Gasteiger partial charge on any atom is -0.325 e. The SMILES string of the molecule is CCCCc1ccc(NC(=O)[C@@H](Sc2ccccc2)c2ccccc2)cc1. The Labute approximate surface area is 166 Å². The van der Waals surface area contributed by atoms with E-state index in [0.717, 1.165) is 22.6 Å². The lowest BCUT2D eigenvalue weighted by Gasteiger charge is -2.17. The largest absolute Gasteiger partial charge is 0.325 e. The highest BCUT2D eigenvalue weighted by molar-refractivity contribution is 8.00. The molecule has 3 aromatic rings. The highest BCUT2D eigenvalue weighted by atomic mass is 32.2. The van der Waals surface area contributed by atoms with Crippen molar-refractivity contribution >= 4 is 23.4 Å². The van der Waals surface area contributed by atoms with E-state index in [4.69, 9.17) is 0 Å².